The second-order valence-electron chi connectivity index (χ2n) is 4.47. The van der Waals surface area contributed by atoms with Crippen LogP contribution in [0.1, 0.15) is 24.8 Å². The van der Waals surface area contributed by atoms with Crippen molar-refractivity contribution in [1.82, 2.24) is 0 Å². The van der Waals surface area contributed by atoms with Gasteiger partial charge >= 0.3 is 5.97 Å². The van der Waals surface area contributed by atoms with Gasteiger partial charge in [0, 0.05) is 11.6 Å². The van der Waals surface area contributed by atoms with Crippen molar-refractivity contribution in [3.63, 3.8) is 0 Å². The van der Waals surface area contributed by atoms with Gasteiger partial charge in [-0.05, 0) is 18.9 Å². The lowest BCUT2D eigenvalue weighted by atomic mass is 9.64. The quantitative estimate of drug-likeness (QED) is 0.856. The molecule has 0 amide bonds. The molecular weight excluding hydrogens is 236 g/mol. The summed E-state index contributed by atoms with van der Waals surface area (Å²) in [6.45, 7) is 0. The fourth-order valence-corrected chi connectivity index (χ4v) is 2.38. The Labute approximate surface area is 105 Å². The number of phenolic OH excluding ortho intramolecular Hbond substituents is 1. The van der Waals surface area contributed by atoms with Gasteiger partial charge in [-0.3, -0.25) is 4.79 Å². The molecule has 2 N–H and O–H groups in total. The topological polar surface area (TPSA) is 76.0 Å². The van der Waals surface area contributed by atoms with E-state index in [9.17, 15) is 15.0 Å². The minimum Gasteiger partial charge on any atom is -0.504 e. The maximum Gasteiger partial charge on any atom is 0.314 e. The predicted octanol–water partition coefficient (Wildman–Crippen LogP) is 1.92. The Balaban J connectivity index is 2.56. The number of hydrogen-bond donors (Lipinski definition) is 2. The van der Waals surface area contributed by atoms with Crippen LogP contribution in [0.15, 0.2) is 12.1 Å². The fourth-order valence-electron chi connectivity index (χ4n) is 2.38. The zero-order valence-corrected chi connectivity index (χ0v) is 10.4. The number of carboxylic acid groups (broad SMARTS) is 1. The van der Waals surface area contributed by atoms with E-state index in [0.717, 1.165) is 6.42 Å². The number of benzene rings is 1. The second kappa shape index (κ2) is 4.40. The predicted molar refractivity (Wildman–Crippen MR) is 64.4 cm³/mol. The lowest BCUT2D eigenvalue weighted by Gasteiger charge is -2.38. The smallest absolute Gasteiger partial charge is 0.314 e. The molecule has 0 spiro atoms. The van der Waals surface area contributed by atoms with E-state index in [-0.39, 0.29) is 11.5 Å². The third-order valence-electron chi connectivity index (χ3n) is 3.63. The number of hydrogen-bond acceptors (Lipinski definition) is 4. The number of aromatic hydroxyl groups is 1. The van der Waals surface area contributed by atoms with Crippen LogP contribution in [-0.2, 0) is 10.2 Å². The van der Waals surface area contributed by atoms with Crippen LogP contribution >= 0.6 is 0 Å². The van der Waals surface area contributed by atoms with Crippen molar-refractivity contribution in [2.75, 3.05) is 14.2 Å². The Morgan fingerprint density at radius 2 is 1.83 bits per heavy atom. The summed E-state index contributed by atoms with van der Waals surface area (Å²) in [5, 5.41) is 19.2. The van der Waals surface area contributed by atoms with E-state index in [1.165, 1.54) is 26.4 Å². The largest absolute Gasteiger partial charge is 0.504 e. The molecule has 1 saturated carbocycles. The monoisotopic (exact) mass is 252 g/mol. The second-order valence-corrected chi connectivity index (χ2v) is 4.47. The normalized spacial score (nSPS) is 16.8. The molecule has 1 aliphatic carbocycles. The van der Waals surface area contributed by atoms with Crippen molar-refractivity contribution in [3.05, 3.63) is 17.7 Å². The molecule has 0 atom stereocenters. The van der Waals surface area contributed by atoms with E-state index in [4.69, 9.17) is 9.47 Å². The number of phenols is 1. The van der Waals surface area contributed by atoms with E-state index in [1.54, 1.807) is 0 Å². The average Bonchev–Trinajstić information content (AvgIpc) is 2.27. The van der Waals surface area contributed by atoms with Gasteiger partial charge in [-0.25, -0.2) is 0 Å². The Hall–Kier alpha value is -1.91. The number of ether oxygens (including phenoxy) is 2. The van der Waals surface area contributed by atoms with Gasteiger partial charge in [-0.2, -0.15) is 0 Å². The van der Waals surface area contributed by atoms with Crippen LogP contribution in [-0.4, -0.2) is 30.4 Å². The van der Waals surface area contributed by atoms with Crippen LogP contribution in [0.5, 0.6) is 17.2 Å². The molecule has 1 aliphatic rings. The molecule has 0 aliphatic heterocycles. The molecule has 5 heteroatoms. The summed E-state index contributed by atoms with van der Waals surface area (Å²) < 4.78 is 10.2. The van der Waals surface area contributed by atoms with Crippen LogP contribution in [0, 0.1) is 0 Å². The first-order valence-electron chi connectivity index (χ1n) is 5.74. The molecule has 0 radical (unpaired) electrons. The number of rotatable bonds is 4. The third-order valence-corrected chi connectivity index (χ3v) is 3.63. The number of carboxylic acids is 1. The number of aliphatic carboxylic acids is 1. The highest BCUT2D eigenvalue weighted by atomic mass is 16.5. The molecule has 1 aromatic rings. The molecule has 0 saturated heterocycles. The Kier molecular flexibility index (Phi) is 3.07. The van der Waals surface area contributed by atoms with Gasteiger partial charge in [0.25, 0.3) is 0 Å². The summed E-state index contributed by atoms with van der Waals surface area (Å²) in [6.07, 6.45) is 1.98. The summed E-state index contributed by atoms with van der Waals surface area (Å²) in [6, 6.07) is 2.96. The molecule has 2 rings (SSSR count). The third kappa shape index (κ3) is 1.66. The molecule has 0 unspecified atom stereocenters. The molecule has 0 aromatic heterocycles. The van der Waals surface area contributed by atoms with Gasteiger partial charge in [0.15, 0.2) is 11.5 Å². The van der Waals surface area contributed by atoms with Crippen LogP contribution < -0.4 is 9.47 Å². The summed E-state index contributed by atoms with van der Waals surface area (Å²) in [5.74, 6) is -0.236. The van der Waals surface area contributed by atoms with Gasteiger partial charge in [0.05, 0.1) is 19.6 Å². The van der Waals surface area contributed by atoms with E-state index in [0.29, 0.717) is 24.2 Å². The summed E-state index contributed by atoms with van der Waals surface area (Å²) in [7, 11) is 2.91. The zero-order chi connectivity index (χ0) is 13.3. The highest BCUT2D eigenvalue weighted by Gasteiger charge is 2.48. The Morgan fingerprint density at radius 1 is 1.22 bits per heavy atom. The fraction of sp³-hybridized carbons (Fsp3) is 0.462. The zero-order valence-electron chi connectivity index (χ0n) is 10.4. The Morgan fingerprint density at radius 3 is 2.22 bits per heavy atom. The average molecular weight is 252 g/mol. The van der Waals surface area contributed by atoms with E-state index in [1.807, 2.05) is 0 Å². The molecule has 0 bridgehead atoms. The molecular formula is C13H16O5. The van der Waals surface area contributed by atoms with Gasteiger partial charge in [0.2, 0.25) is 0 Å². The van der Waals surface area contributed by atoms with Crippen LogP contribution in [0.4, 0.5) is 0 Å². The van der Waals surface area contributed by atoms with Crippen LogP contribution in [0.3, 0.4) is 0 Å². The summed E-state index contributed by atoms with van der Waals surface area (Å²) in [5.41, 5.74) is -0.420. The van der Waals surface area contributed by atoms with Crippen molar-refractivity contribution >= 4 is 5.97 Å². The molecule has 0 heterocycles. The first-order chi connectivity index (χ1) is 8.55. The highest BCUT2D eigenvalue weighted by Crippen LogP contribution is 2.49. The van der Waals surface area contributed by atoms with Crippen LogP contribution in [0.25, 0.3) is 0 Å². The summed E-state index contributed by atoms with van der Waals surface area (Å²) in [4.78, 5) is 11.5. The number of methoxy groups -OCH3 is 2. The van der Waals surface area contributed by atoms with Gasteiger partial charge < -0.3 is 19.7 Å². The molecule has 98 valence electrons. The minimum atomic E-state index is -0.935. The SMILES string of the molecule is COc1cc(OC)c(C2(C(=O)O)CCC2)cc1O. The minimum absolute atomic E-state index is 0.0687. The number of carbonyl (C=O) groups is 1. The maximum atomic E-state index is 11.5. The lowest BCUT2D eigenvalue weighted by Crippen LogP contribution is -2.42. The van der Waals surface area contributed by atoms with Gasteiger partial charge in [0.1, 0.15) is 5.75 Å². The lowest BCUT2D eigenvalue weighted by molar-refractivity contribution is -0.147. The van der Waals surface area contributed by atoms with E-state index >= 15 is 0 Å². The first kappa shape index (κ1) is 12.5. The molecule has 18 heavy (non-hydrogen) atoms. The summed E-state index contributed by atoms with van der Waals surface area (Å²) >= 11 is 0. The van der Waals surface area contributed by atoms with Gasteiger partial charge in [-0.15, -0.1) is 0 Å². The van der Waals surface area contributed by atoms with Crippen molar-refractivity contribution in [1.29, 1.82) is 0 Å². The molecule has 1 fully saturated rings. The molecule has 1 aromatic carbocycles. The highest BCUT2D eigenvalue weighted by molar-refractivity contribution is 5.84. The molecule has 5 nitrogen and oxygen atoms in total. The van der Waals surface area contributed by atoms with Gasteiger partial charge in [-0.1, -0.05) is 6.42 Å². The maximum absolute atomic E-state index is 11.5. The van der Waals surface area contributed by atoms with E-state index < -0.39 is 11.4 Å². The van der Waals surface area contributed by atoms with Crippen molar-refractivity contribution in [2.24, 2.45) is 0 Å². The van der Waals surface area contributed by atoms with Crippen LogP contribution in [0.2, 0.25) is 0 Å². The van der Waals surface area contributed by atoms with Crippen molar-refractivity contribution in [2.45, 2.75) is 24.7 Å². The first-order valence-corrected chi connectivity index (χ1v) is 5.74. The standard InChI is InChI=1S/C13H16O5/c1-17-10-7-11(18-2)9(14)6-8(10)13(12(15)16)4-3-5-13/h6-7,14H,3-5H2,1-2H3,(H,15,16). The Bertz CT molecular complexity index is 477. The van der Waals surface area contributed by atoms with Crippen molar-refractivity contribution in [3.8, 4) is 17.2 Å². The van der Waals surface area contributed by atoms with Crippen molar-refractivity contribution < 1.29 is 24.5 Å². The van der Waals surface area contributed by atoms with E-state index in [2.05, 4.69) is 0 Å².